The molecule has 1 amide bonds. The zero-order valence-electron chi connectivity index (χ0n) is 17.2. The van der Waals surface area contributed by atoms with Gasteiger partial charge in [-0.25, -0.2) is 5.43 Å². The molecule has 0 atom stereocenters. The Morgan fingerprint density at radius 2 is 1.53 bits per heavy atom. The number of hydrogen-bond acceptors (Lipinski definition) is 5. The molecule has 3 rings (SSSR count). The SMILES string of the molecule is COc1ccc(/C(C)=N\NC(=O)c2ccc(COc3ccccc3)cc2)cc1OC. The molecule has 6 heteroatoms. The molecule has 0 aromatic heterocycles. The van der Waals surface area contributed by atoms with Gasteiger partial charge in [0.25, 0.3) is 5.91 Å². The average molecular weight is 404 g/mol. The lowest BCUT2D eigenvalue weighted by Crippen LogP contribution is -2.19. The Hall–Kier alpha value is -3.80. The van der Waals surface area contributed by atoms with Gasteiger partial charge < -0.3 is 14.2 Å². The van der Waals surface area contributed by atoms with Crippen LogP contribution in [0.5, 0.6) is 17.2 Å². The summed E-state index contributed by atoms with van der Waals surface area (Å²) in [7, 11) is 3.15. The lowest BCUT2D eigenvalue weighted by atomic mass is 10.1. The van der Waals surface area contributed by atoms with E-state index in [2.05, 4.69) is 10.5 Å². The highest BCUT2D eigenvalue weighted by atomic mass is 16.5. The van der Waals surface area contributed by atoms with Crippen LogP contribution in [0.15, 0.2) is 77.9 Å². The smallest absolute Gasteiger partial charge is 0.271 e. The van der Waals surface area contributed by atoms with E-state index in [1.54, 1.807) is 32.4 Å². The summed E-state index contributed by atoms with van der Waals surface area (Å²) in [5.74, 6) is 1.75. The van der Waals surface area contributed by atoms with Crippen LogP contribution in [0.3, 0.4) is 0 Å². The van der Waals surface area contributed by atoms with Crippen molar-refractivity contribution in [2.45, 2.75) is 13.5 Å². The van der Waals surface area contributed by atoms with Gasteiger partial charge in [0.1, 0.15) is 12.4 Å². The van der Waals surface area contributed by atoms with Crippen LogP contribution in [0.25, 0.3) is 0 Å². The van der Waals surface area contributed by atoms with Gasteiger partial charge in [0.2, 0.25) is 0 Å². The summed E-state index contributed by atoms with van der Waals surface area (Å²) in [5, 5.41) is 4.20. The molecular formula is C24H24N2O4. The Kier molecular flexibility index (Phi) is 7.05. The molecule has 0 heterocycles. The number of methoxy groups -OCH3 is 2. The number of hydrogen-bond donors (Lipinski definition) is 1. The number of nitrogens with zero attached hydrogens (tertiary/aromatic N) is 1. The maximum Gasteiger partial charge on any atom is 0.271 e. The third-order valence-electron chi connectivity index (χ3n) is 4.49. The van der Waals surface area contributed by atoms with Crippen molar-refractivity contribution in [3.05, 3.63) is 89.5 Å². The first-order valence-corrected chi connectivity index (χ1v) is 9.44. The van der Waals surface area contributed by atoms with Gasteiger partial charge in [-0.2, -0.15) is 5.10 Å². The highest BCUT2D eigenvalue weighted by molar-refractivity contribution is 6.01. The predicted octanol–water partition coefficient (Wildman–Crippen LogP) is 4.44. The Bertz CT molecular complexity index is 1020. The highest BCUT2D eigenvalue weighted by Crippen LogP contribution is 2.27. The van der Waals surface area contributed by atoms with Crippen LogP contribution < -0.4 is 19.6 Å². The minimum absolute atomic E-state index is 0.287. The van der Waals surface area contributed by atoms with Gasteiger partial charge in [-0.15, -0.1) is 0 Å². The lowest BCUT2D eigenvalue weighted by Gasteiger charge is -2.09. The minimum atomic E-state index is -0.287. The molecule has 0 aliphatic rings. The number of nitrogens with one attached hydrogen (secondary N) is 1. The topological polar surface area (TPSA) is 69.2 Å². The van der Waals surface area contributed by atoms with Crippen LogP contribution in [0, 0.1) is 0 Å². The first-order chi connectivity index (χ1) is 14.6. The Balaban J connectivity index is 1.60. The molecule has 0 bridgehead atoms. The molecule has 0 spiro atoms. The number of carbonyl (C=O) groups excluding carboxylic acids is 1. The van der Waals surface area contributed by atoms with Crippen molar-refractivity contribution >= 4 is 11.6 Å². The first-order valence-electron chi connectivity index (χ1n) is 9.44. The van der Waals surface area contributed by atoms with E-state index in [-0.39, 0.29) is 5.91 Å². The molecule has 0 radical (unpaired) electrons. The molecule has 3 aromatic carbocycles. The minimum Gasteiger partial charge on any atom is -0.493 e. The normalized spacial score (nSPS) is 11.0. The van der Waals surface area contributed by atoms with E-state index in [1.807, 2.05) is 61.5 Å². The summed E-state index contributed by atoms with van der Waals surface area (Å²) in [6.07, 6.45) is 0. The fourth-order valence-electron chi connectivity index (χ4n) is 2.76. The first kappa shape index (κ1) is 20.9. The van der Waals surface area contributed by atoms with Crippen molar-refractivity contribution in [3.63, 3.8) is 0 Å². The zero-order chi connectivity index (χ0) is 21.3. The Morgan fingerprint density at radius 3 is 2.20 bits per heavy atom. The second-order valence-corrected chi connectivity index (χ2v) is 6.51. The quantitative estimate of drug-likeness (QED) is 0.445. The van der Waals surface area contributed by atoms with Gasteiger partial charge in [-0.1, -0.05) is 30.3 Å². The summed E-state index contributed by atoms with van der Waals surface area (Å²) < 4.78 is 16.3. The monoisotopic (exact) mass is 404 g/mol. The number of carbonyl (C=O) groups is 1. The molecule has 3 aromatic rings. The summed E-state index contributed by atoms with van der Waals surface area (Å²) in [4.78, 5) is 12.4. The molecule has 154 valence electrons. The van der Waals surface area contributed by atoms with E-state index in [4.69, 9.17) is 14.2 Å². The standard InChI is InChI=1S/C24H24N2O4/c1-17(20-13-14-22(28-2)23(15-20)29-3)25-26-24(27)19-11-9-18(10-12-19)16-30-21-7-5-4-6-8-21/h4-15H,16H2,1-3H3,(H,26,27)/b25-17-. The highest BCUT2D eigenvalue weighted by Gasteiger charge is 2.08. The van der Waals surface area contributed by atoms with Gasteiger partial charge in [-0.3, -0.25) is 4.79 Å². The molecule has 0 aliphatic heterocycles. The van der Waals surface area contributed by atoms with Crippen LogP contribution in [-0.4, -0.2) is 25.8 Å². The number of para-hydroxylation sites is 1. The summed E-state index contributed by atoms with van der Waals surface area (Å²) in [6, 6.07) is 22.3. The summed E-state index contributed by atoms with van der Waals surface area (Å²) in [5.41, 5.74) is 5.55. The molecule has 0 saturated carbocycles. The lowest BCUT2D eigenvalue weighted by molar-refractivity contribution is 0.0955. The van der Waals surface area contributed by atoms with Crippen molar-refractivity contribution in [3.8, 4) is 17.2 Å². The fraction of sp³-hybridized carbons (Fsp3) is 0.167. The third kappa shape index (κ3) is 5.38. The van der Waals surface area contributed by atoms with E-state index in [9.17, 15) is 4.79 Å². The number of hydrazone groups is 1. The van der Waals surface area contributed by atoms with E-state index < -0.39 is 0 Å². The van der Waals surface area contributed by atoms with Gasteiger partial charge in [0.05, 0.1) is 19.9 Å². The number of ether oxygens (including phenoxy) is 3. The Labute approximate surface area is 176 Å². The van der Waals surface area contributed by atoms with Crippen LogP contribution in [0.1, 0.15) is 28.4 Å². The second-order valence-electron chi connectivity index (χ2n) is 6.51. The molecule has 6 nitrogen and oxygen atoms in total. The largest absolute Gasteiger partial charge is 0.493 e. The van der Waals surface area contributed by atoms with Gasteiger partial charge in [0, 0.05) is 11.1 Å². The summed E-state index contributed by atoms with van der Waals surface area (Å²) in [6.45, 7) is 2.24. The number of benzene rings is 3. The Morgan fingerprint density at radius 1 is 0.867 bits per heavy atom. The van der Waals surface area contributed by atoms with E-state index in [1.165, 1.54) is 0 Å². The van der Waals surface area contributed by atoms with Gasteiger partial charge in [-0.05, 0) is 55.0 Å². The third-order valence-corrected chi connectivity index (χ3v) is 4.49. The fourth-order valence-corrected chi connectivity index (χ4v) is 2.76. The van der Waals surface area contributed by atoms with Crippen LogP contribution in [0.2, 0.25) is 0 Å². The van der Waals surface area contributed by atoms with Crippen molar-refractivity contribution in [2.75, 3.05) is 14.2 Å². The van der Waals surface area contributed by atoms with E-state index in [0.717, 1.165) is 16.9 Å². The average Bonchev–Trinajstić information content (AvgIpc) is 2.81. The molecule has 1 N–H and O–H groups in total. The van der Waals surface area contributed by atoms with Crippen molar-refractivity contribution in [1.29, 1.82) is 0 Å². The molecule has 0 aliphatic carbocycles. The van der Waals surface area contributed by atoms with Crippen LogP contribution >= 0.6 is 0 Å². The van der Waals surface area contributed by atoms with E-state index in [0.29, 0.717) is 29.4 Å². The van der Waals surface area contributed by atoms with Crippen LogP contribution in [-0.2, 0) is 6.61 Å². The molecule has 0 fully saturated rings. The molecule has 30 heavy (non-hydrogen) atoms. The second kappa shape index (κ2) is 10.1. The van der Waals surface area contributed by atoms with Crippen molar-refractivity contribution in [2.24, 2.45) is 5.10 Å². The van der Waals surface area contributed by atoms with Gasteiger partial charge in [0.15, 0.2) is 11.5 Å². The summed E-state index contributed by atoms with van der Waals surface area (Å²) >= 11 is 0. The maximum atomic E-state index is 12.4. The van der Waals surface area contributed by atoms with E-state index >= 15 is 0 Å². The molecule has 0 saturated heterocycles. The van der Waals surface area contributed by atoms with Crippen LogP contribution in [0.4, 0.5) is 0 Å². The van der Waals surface area contributed by atoms with Crippen molar-refractivity contribution < 1.29 is 19.0 Å². The molecule has 0 unspecified atom stereocenters. The van der Waals surface area contributed by atoms with Crippen molar-refractivity contribution in [1.82, 2.24) is 5.43 Å². The molecular weight excluding hydrogens is 380 g/mol. The number of amides is 1. The zero-order valence-corrected chi connectivity index (χ0v) is 17.2. The number of rotatable bonds is 8. The van der Waals surface area contributed by atoms with Gasteiger partial charge >= 0.3 is 0 Å². The predicted molar refractivity (Wildman–Crippen MR) is 116 cm³/mol. The maximum absolute atomic E-state index is 12.4.